The van der Waals surface area contributed by atoms with Gasteiger partial charge in [0.05, 0.1) is 0 Å². The third-order valence-electron chi connectivity index (χ3n) is 3.76. The fraction of sp³-hybridized carbons (Fsp3) is 0.667. The van der Waals surface area contributed by atoms with Gasteiger partial charge >= 0.3 is 6.03 Å². The molecule has 3 amide bonds. The number of amides is 3. The summed E-state index contributed by atoms with van der Waals surface area (Å²) >= 11 is 0. The minimum Gasteiger partial charge on any atom is -0.338 e. The number of rotatable bonds is 9. The van der Waals surface area contributed by atoms with E-state index >= 15 is 0 Å². The van der Waals surface area contributed by atoms with Gasteiger partial charge in [0.2, 0.25) is 0 Å². The number of allylic oxidation sites excluding steroid dienone is 1. The zero-order chi connectivity index (χ0) is 17.3. The van der Waals surface area contributed by atoms with Gasteiger partial charge in [-0.15, -0.1) is 0 Å². The van der Waals surface area contributed by atoms with Crippen LogP contribution in [0.2, 0.25) is 0 Å². The Labute approximate surface area is 140 Å². The van der Waals surface area contributed by atoms with Crippen molar-refractivity contribution in [2.24, 2.45) is 5.41 Å². The van der Waals surface area contributed by atoms with E-state index in [0.29, 0.717) is 18.5 Å². The highest BCUT2D eigenvalue weighted by Gasteiger charge is 2.17. The Morgan fingerprint density at radius 2 is 1.70 bits per heavy atom. The van der Waals surface area contributed by atoms with Crippen LogP contribution in [0, 0.1) is 5.41 Å². The molecule has 130 valence electrons. The zero-order valence-electron chi connectivity index (χ0n) is 14.8. The van der Waals surface area contributed by atoms with Crippen LogP contribution in [-0.2, 0) is 4.79 Å². The molecule has 0 aliphatic carbocycles. The fourth-order valence-corrected chi connectivity index (χ4v) is 2.38. The average Bonchev–Trinajstić information content (AvgIpc) is 2.77. The van der Waals surface area contributed by atoms with Crippen LogP contribution >= 0.6 is 0 Å². The quantitative estimate of drug-likeness (QED) is 0.641. The summed E-state index contributed by atoms with van der Waals surface area (Å²) in [5.74, 6) is -0.00374. The molecular formula is C18H31N3O2. The molecule has 0 bridgehead atoms. The van der Waals surface area contributed by atoms with Crippen LogP contribution in [0.25, 0.3) is 0 Å². The molecule has 0 spiro atoms. The lowest BCUT2D eigenvalue weighted by atomic mass is 9.90. The molecule has 1 aliphatic heterocycles. The van der Waals surface area contributed by atoms with Crippen LogP contribution in [-0.4, -0.2) is 36.5 Å². The molecule has 0 aromatic carbocycles. The summed E-state index contributed by atoms with van der Waals surface area (Å²) in [6.45, 7) is 12.5. The van der Waals surface area contributed by atoms with Gasteiger partial charge in [-0.3, -0.25) is 4.79 Å². The lowest BCUT2D eigenvalue weighted by Crippen LogP contribution is -2.36. The first-order valence-corrected chi connectivity index (χ1v) is 8.50. The maximum absolute atomic E-state index is 11.6. The second-order valence-corrected chi connectivity index (χ2v) is 7.22. The number of carbonyl (C=O) groups is 2. The highest BCUT2D eigenvalue weighted by Crippen LogP contribution is 2.21. The molecule has 0 fully saturated rings. The van der Waals surface area contributed by atoms with Crippen molar-refractivity contribution >= 4 is 11.9 Å². The van der Waals surface area contributed by atoms with Crippen molar-refractivity contribution in [1.82, 2.24) is 15.5 Å². The highest BCUT2D eigenvalue weighted by molar-refractivity contribution is 5.92. The maximum Gasteiger partial charge on any atom is 0.314 e. The number of urea groups is 1. The van der Waals surface area contributed by atoms with Gasteiger partial charge < -0.3 is 15.5 Å². The Morgan fingerprint density at radius 3 is 2.22 bits per heavy atom. The molecule has 0 aromatic heterocycles. The summed E-state index contributed by atoms with van der Waals surface area (Å²) in [5.41, 5.74) is 1.11. The number of unbranched alkanes of at least 4 members (excludes halogenated alkanes) is 2. The van der Waals surface area contributed by atoms with Crippen molar-refractivity contribution in [3.8, 4) is 0 Å². The maximum atomic E-state index is 11.6. The normalized spacial score (nSPS) is 14.5. The molecule has 1 aliphatic rings. The van der Waals surface area contributed by atoms with E-state index in [2.05, 4.69) is 38.0 Å². The molecule has 0 radical (unpaired) electrons. The van der Waals surface area contributed by atoms with Gasteiger partial charge in [-0.25, -0.2) is 4.79 Å². The van der Waals surface area contributed by atoms with E-state index in [1.54, 1.807) is 11.0 Å². The van der Waals surface area contributed by atoms with Gasteiger partial charge in [-0.1, -0.05) is 33.8 Å². The SMILES string of the molecule is C=C1C=CC(=O)N1CCCCNC(=O)NCCCCC(C)(C)C. The monoisotopic (exact) mass is 321 g/mol. The van der Waals surface area contributed by atoms with E-state index in [-0.39, 0.29) is 11.9 Å². The van der Waals surface area contributed by atoms with Crippen LogP contribution in [0.15, 0.2) is 24.4 Å². The van der Waals surface area contributed by atoms with Gasteiger partial charge in [0.1, 0.15) is 0 Å². The highest BCUT2D eigenvalue weighted by atomic mass is 16.2. The smallest absolute Gasteiger partial charge is 0.314 e. The molecule has 0 saturated carbocycles. The topological polar surface area (TPSA) is 61.4 Å². The lowest BCUT2D eigenvalue weighted by molar-refractivity contribution is -0.123. The molecule has 1 heterocycles. The lowest BCUT2D eigenvalue weighted by Gasteiger charge is -2.17. The van der Waals surface area contributed by atoms with Crippen LogP contribution in [0.3, 0.4) is 0 Å². The summed E-state index contributed by atoms with van der Waals surface area (Å²) in [6, 6.07) is -0.107. The van der Waals surface area contributed by atoms with Crippen molar-refractivity contribution < 1.29 is 9.59 Å². The summed E-state index contributed by atoms with van der Waals surface area (Å²) < 4.78 is 0. The molecule has 23 heavy (non-hydrogen) atoms. The summed E-state index contributed by atoms with van der Waals surface area (Å²) in [7, 11) is 0. The Morgan fingerprint density at radius 1 is 1.09 bits per heavy atom. The molecule has 0 atom stereocenters. The van der Waals surface area contributed by atoms with Crippen molar-refractivity contribution in [3.05, 3.63) is 24.4 Å². The van der Waals surface area contributed by atoms with Gasteiger partial charge in [-0.05, 0) is 37.2 Å². The fourth-order valence-electron chi connectivity index (χ4n) is 2.38. The number of nitrogens with one attached hydrogen (secondary N) is 2. The Hall–Kier alpha value is -1.78. The van der Waals surface area contributed by atoms with Crippen LogP contribution in [0.4, 0.5) is 4.79 Å². The Balaban J connectivity index is 1.96. The zero-order valence-corrected chi connectivity index (χ0v) is 14.8. The Kier molecular flexibility index (Phi) is 7.86. The first-order chi connectivity index (χ1) is 10.8. The standard InChI is InChI=1S/C18H31N3O2/c1-15-9-10-16(22)21(15)14-8-7-13-20-17(23)19-12-6-5-11-18(2,3)4/h9-10H,1,5-8,11-14H2,2-4H3,(H2,19,20,23). The van der Waals surface area contributed by atoms with Gasteiger partial charge in [0.15, 0.2) is 0 Å². The van der Waals surface area contributed by atoms with Gasteiger partial charge in [0.25, 0.3) is 5.91 Å². The first-order valence-electron chi connectivity index (χ1n) is 8.50. The van der Waals surface area contributed by atoms with Crippen molar-refractivity contribution in [3.63, 3.8) is 0 Å². The van der Waals surface area contributed by atoms with Crippen LogP contribution in [0.1, 0.15) is 52.9 Å². The van der Waals surface area contributed by atoms with E-state index in [1.807, 2.05) is 0 Å². The number of nitrogens with zero attached hydrogens (tertiary/aromatic N) is 1. The van der Waals surface area contributed by atoms with Gasteiger partial charge in [0, 0.05) is 31.4 Å². The molecule has 0 saturated heterocycles. The minimum atomic E-state index is -0.107. The molecule has 0 aromatic rings. The Bertz CT molecular complexity index is 432. The van der Waals surface area contributed by atoms with E-state index in [9.17, 15) is 9.59 Å². The summed E-state index contributed by atoms with van der Waals surface area (Å²) in [4.78, 5) is 24.8. The van der Waals surface area contributed by atoms with Crippen LogP contribution in [0.5, 0.6) is 0 Å². The van der Waals surface area contributed by atoms with Crippen molar-refractivity contribution in [2.45, 2.75) is 52.9 Å². The number of hydrogen-bond donors (Lipinski definition) is 2. The van der Waals surface area contributed by atoms with Crippen molar-refractivity contribution in [2.75, 3.05) is 19.6 Å². The second kappa shape index (κ2) is 9.38. The van der Waals surface area contributed by atoms with E-state index in [0.717, 1.165) is 37.9 Å². The van der Waals surface area contributed by atoms with E-state index in [1.165, 1.54) is 12.5 Å². The number of hydrogen-bond acceptors (Lipinski definition) is 2. The van der Waals surface area contributed by atoms with Crippen LogP contribution < -0.4 is 10.6 Å². The van der Waals surface area contributed by atoms with E-state index < -0.39 is 0 Å². The first kappa shape index (κ1) is 19.3. The minimum absolute atomic E-state index is 0.00374. The molecule has 2 N–H and O–H groups in total. The third-order valence-corrected chi connectivity index (χ3v) is 3.76. The van der Waals surface area contributed by atoms with Gasteiger partial charge in [-0.2, -0.15) is 0 Å². The molecule has 0 unspecified atom stereocenters. The largest absolute Gasteiger partial charge is 0.338 e. The predicted molar refractivity (Wildman–Crippen MR) is 93.9 cm³/mol. The van der Waals surface area contributed by atoms with Crippen molar-refractivity contribution in [1.29, 1.82) is 0 Å². The summed E-state index contributed by atoms with van der Waals surface area (Å²) in [6.07, 6.45) is 8.27. The molecule has 1 rings (SSSR count). The summed E-state index contributed by atoms with van der Waals surface area (Å²) in [5, 5.41) is 5.72. The second-order valence-electron chi connectivity index (χ2n) is 7.22. The van der Waals surface area contributed by atoms with E-state index in [4.69, 9.17) is 0 Å². The molecule has 5 heteroatoms. The molecular weight excluding hydrogens is 290 g/mol. The number of carbonyl (C=O) groups excluding carboxylic acids is 2. The predicted octanol–water partition coefficient (Wildman–Crippen LogP) is 3.19. The average molecular weight is 321 g/mol. The molecule has 5 nitrogen and oxygen atoms in total. The third kappa shape index (κ3) is 8.43.